The van der Waals surface area contributed by atoms with E-state index in [-0.39, 0.29) is 5.54 Å². The lowest BCUT2D eigenvalue weighted by Crippen LogP contribution is -2.41. The van der Waals surface area contributed by atoms with Crippen LogP contribution in [0.1, 0.15) is 31.2 Å². The second kappa shape index (κ2) is 5.99. The van der Waals surface area contributed by atoms with Crippen molar-refractivity contribution in [3.63, 3.8) is 0 Å². The van der Waals surface area contributed by atoms with Gasteiger partial charge in [-0.25, -0.2) is 0 Å². The number of hydrogen-bond donors (Lipinski definition) is 1. The Bertz CT molecular complexity index is 360. The Hall–Kier alpha value is -1.12. The lowest BCUT2D eigenvalue weighted by molar-refractivity contribution is 0.0998. The smallest absolute Gasteiger partial charge is 0.0716 e. The van der Waals surface area contributed by atoms with Gasteiger partial charge in [-0.1, -0.05) is 42.5 Å². The molecule has 0 saturated heterocycles. The van der Waals surface area contributed by atoms with E-state index in [0.29, 0.717) is 6.61 Å². The van der Waals surface area contributed by atoms with Gasteiger partial charge in [0.2, 0.25) is 0 Å². The normalized spacial score (nSPS) is 23.8. The molecule has 2 heteroatoms. The molecular formula is C15H21NO. The van der Waals surface area contributed by atoms with Crippen LogP contribution in [0.5, 0.6) is 0 Å². The maximum atomic E-state index is 6.31. The molecule has 1 aromatic carbocycles. The third-order valence-electron chi connectivity index (χ3n) is 3.36. The molecule has 2 N–H and O–H groups in total. The monoisotopic (exact) mass is 231 g/mol. The van der Waals surface area contributed by atoms with E-state index < -0.39 is 0 Å². The molecule has 0 fully saturated rings. The van der Waals surface area contributed by atoms with Crippen molar-refractivity contribution in [3.05, 3.63) is 48.0 Å². The number of nitrogens with two attached hydrogens (primary N) is 1. The molecule has 0 spiro atoms. The van der Waals surface area contributed by atoms with Gasteiger partial charge in [0.25, 0.3) is 0 Å². The second-order valence-corrected chi connectivity index (χ2v) is 4.86. The Morgan fingerprint density at radius 3 is 2.71 bits per heavy atom. The van der Waals surface area contributed by atoms with Gasteiger partial charge in [0.15, 0.2) is 0 Å². The lowest BCUT2D eigenvalue weighted by atomic mass is 9.84. The van der Waals surface area contributed by atoms with Crippen LogP contribution in [0.2, 0.25) is 0 Å². The van der Waals surface area contributed by atoms with Crippen molar-refractivity contribution in [3.8, 4) is 0 Å². The van der Waals surface area contributed by atoms with Gasteiger partial charge in [0.1, 0.15) is 0 Å². The fraction of sp³-hybridized carbons (Fsp3) is 0.467. The minimum absolute atomic E-state index is 0.0363. The molecule has 0 saturated carbocycles. The van der Waals surface area contributed by atoms with Crippen LogP contribution < -0.4 is 5.73 Å². The average Bonchev–Trinajstić information content (AvgIpc) is 2.37. The molecule has 1 aliphatic rings. The van der Waals surface area contributed by atoms with Gasteiger partial charge in [0.05, 0.1) is 6.61 Å². The minimum atomic E-state index is -0.0363. The summed E-state index contributed by atoms with van der Waals surface area (Å²) >= 11 is 0. The van der Waals surface area contributed by atoms with Gasteiger partial charge >= 0.3 is 0 Å². The zero-order valence-electron chi connectivity index (χ0n) is 10.3. The van der Waals surface area contributed by atoms with Crippen LogP contribution in [0.4, 0.5) is 0 Å². The first-order chi connectivity index (χ1) is 8.29. The van der Waals surface area contributed by atoms with Crippen molar-refractivity contribution in [1.29, 1.82) is 0 Å². The summed E-state index contributed by atoms with van der Waals surface area (Å²) in [6.07, 6.45) is 8.54. The minimum Gasteiger partial charge on any atom is -0.377 e. The molecule has 0 radical (unpaired) electrons. The summed E-state index contributed by atoms with van der Waals surface area (Å²) in [5, 5.41) is 0. The molecule has 0 aliphatic heterocycles. The predicted molar refractivity (Wildman–Crippen MR) is 70.6 cm³/mol. The summed E-state index contributed by atoms with van der Waals surface area (Å²) in [5.74, 6) is 0. The SMILES string of the molecule is NC1(CCOCc2ccccc2)CC=CCC1. The maximum absolute atomic E-state index is 6.31. The van der Waals surface area contributed by atoms with Gasteiger partial charge in [-0.15, -0.1) is 0 Å². The molecular weight excluding hydrogens is 210 g/mol. The van der Waals surface area contributed by atoms with Crippen LogP contribution in [0.3, 0.4) is 0 Å². The Labute approximate surface area is 103 Å². The topological polar surface area (TPSA) is 35.2 Å². The highest BCUT2D eigenvalue weighted by Gasteiger charge is 2.24. The highest BCUT2D eigenvalue weighted by Crippen LogP contribution is 2.24. The highest BCUT2D eigenvalue weighted by atomic mass is 16.5. The van der Waals surface area contributed by atoms with Crippen LogP contribution in [-0.4, -0.2) is 12.1 Å². The Balaban J connectivity index is 1.68. The molecule has 1 unspecified atom stereocenters. The number of rotatable bonds is 5. The summed E-state index contributed by atoms with van der Waals surface area (Å²) in [6, 6.07) is 10.3. The zero-order chi connectivity index (χ0) is 12.0. The lowest BCUT2D eigenvalue weighted by Gasteiger charge is -2.30. The number of allylic oxidation sites excluding steroid dienone is 1. The van der Waals surface area contributed by atoms with Crippen molar-refractivity contribution in [2.24, 2.45) is 5.73 Å². The summed E-state index contributed by atoms with van der Waals surface area (Å²) < 4.78 is 5.68. The van der Waals surface area contributed by atoms with Crippen LogP contribution in [0.15, 0.2) is 42.5 Å². The van der Waals surface area contributed by atoms with Crippen molar-refractivity contribution in [2.45, 2.75) is 37.8 Å². The van der Waals surface area contributed by atoms with Gasteiger partial charge < -0.3 is 10.5 Å². The molecule has 0 bridgehead atoms. The quantitative estimate of drug-likeness (QED) is 0.624. The van der Waals surface area contributed by atoms with Crippen LogP contribution >= 0.6 is 0 Å². The molecule has 1 aromatic rings. The largest absolute Gasteiger partial charge is 0.377 e. The second-order valence-electron chi connectivity index (χ2n) is 4.86. The number of benzene rings is 1. The van der Waals surface area contributed by atoms with E-state index >= 15 is 0 Å². The molecule has 0 heterocycles. The average molecular weight is 231 g/mol. The fourth-order valence-electron chi connectivity index (χ4n) is 2.18. The van der Waals surface area contributed by atoms with Gasteiger partial charge in [-0.05, 0) is 31.2 Å². The third kappa shape index (κ3) is 3.99. The molecule has 1 aliphatic carbocycles. The van der Waals surface area contributed by atoms with Gasteiger partial charge in [-0.2, -0.15) is 0 Å². The first-order valence-electron chi connectivity index (χ1n) is 6.34. The van der Waals surface area contributed by atoms with Crippen molar-refractivity contribution in [1.82, 2.24) is 0 Å². The van der Waals surface area contributed by atoms with Crippen molar-refractivity contribution < 1.29 is 4.74 Å². The summed E-state index contributed by atoms with van der Waals surface area (Å²) in [4.78, 5) is 0. The van der Waals surface area contributed by atoms with E-state index in [1.807, 2.05) is 18.2 Å². The Morgan fingerprint density at radius 1 is 1.18 bits per heavy atom. The fourth-order valence-corrected chi connectivity index (χ4v) is 2.18. The van der Waals surface area contributed by atoms with Crippen LogP contribution in [0.25, 0.3) is 0 Å². The predicted octanol–water partition coefficient (Wildman–Crippen LogP) is 3.03. The molecule has 1 atom stereocenters. The van der Waals surface area contributed by atoms with E-state index in [1.54, 1.807) is 0 Å². The van der Waals surface area contributed by atoms with E-state index in [4.69, 9.17) is 10.5 Å². The summed E-state index contributed by atoms with van der Waals surface area (Å²) in [5.41, 5.74) is 7.50. The highest BCUT2D eigenvalue weighted by molar-refractivity contribution is 5.13. The van der Waals surface area contributed by atoms with E-state index in [1.165, 1.54) is 5.56 Å². The molecule has 2 rings (SSSR count). The van der Waals surface area contributed by atoms with Crippen molar-refractivity contribution in [2.75, 3.05) is 6.61 Å². The summed E-state index contributed by atoms with van der Waals surface area (Å²) in [6.45, 7) is 1.44. The molecule has 2 nitrogen and oxygen atoms in total. The number of hydrogen-bond acceptors (Lipinski definition) is 2. The zero-order valence-corrected chi connectivity index (χ0v) is 10.3. The number of ether oxygens (including phenoxy) is 1. The summed E-state index contributed by atoms with van der Waals surface area (Å²) in [7, 11) is 0. The standard InChI is InChI=1S/C15H21NO/c16-15(9-5-2-6-10-15)11-12-17-13-14-7-3-1-4-8-14/h1-5,7-8H,6,9-13,16H2. The Kier molecular flexibility index (Phi) is 4.35. The maximum Gasteiger partial charge on any atom is 0.0716 e. The molecule has 0 aromatic heterocycles. The molecule has 0 amide bonds. The third-order valence-corrected chi connectivity index (χ3v) is 3.36. The van der Waals surface area contributed by atoms with E-state index in [0.717, 1.165) is 32.3 Å². The van der Waals surface area contributed by atoms with Crippen molar-refractivity contribution >= 4 is 0 Å². The van der Waals surface area contributed by atoms with Gasteiger partial charge in [0, 0.05) is 12.1 Å². The molecule has 17 heavy (non-hydrogen) atoms. The van der Waals surface area contributed by atoms with Crippen LogP contribution in [-0.2, 0) is 11.3 Å². The van der Waals surface area contributed by atoms with Crippen LogP contribution in [0, 0.1) is 0 Å². The van der Waals surface area contributed by atoms with E-state index in [2.05, 4.69) is 24.3 Å². The van der Waals surface area contributed by atoms with E-state index in [9.17, 15) is 0 Å². The Morgan fingerprint density at radius 2 is 2.00 bits per heavy atom. The first-order valence-corrected chi connectivity index (χ1v) is 6.34. The molecule has 92 valence electrons. The van der Waals surface area contributed by atoms with Gasteiger partial charge in [-0.3, -0.25) is 0 Å². The first kappa shape index (κ1) is 12.3.